The Bertz CT molecular complexity index is 922. The molecule has 0 unspecified atom stereocenters. The molecule has 4 nitrogen and oxygen atoms in total. The van der Waals surface area contributed by atoms with Crippen molar-refractivity contribution in [1.29, 1.82) is 0 Å². The van der Waals surface area contributed by atoms with Gasteiger partial charge in [0.05, 0.1) is 27.7 Å². The molecule has 0 aliphatic rings. The summed E-state index contributed by atoms with van der Waals surface area (Å²) in [6.45, 7) is 0. The van der Waals surface area contributed by atoms with Crippen LogP contribution in [0.25, 0.3) is 10.1 Å². The van der Waals surface area contributed by atoms with Crippen molar-refractivity contribution in [3.8, 4) is 0 Å². The summed E-state index contributed by atoms with van der Waals surface area (Å²) in [5.74, 6) is -0.289. The lowest BCUT2D eigenvalue weighted by atomic mass is 10.2. The van der Waals surface area contributed by atoms with Crippen molar-refractivity contribution in [3.63, 3.8) is 0 Å². The minimum Gasteiger partial charge on any atom is -0.465 e. The average molecular weight is 392 g/mol. The fourth-order valence-electron chi connectivity index (χ4n) is 2.22. The SMILES string of the molecule is COC(=O)c1ccc(NC(=O)CSc2sc3ccccc3c2Cl)cc1. The molecule has 0 saturated carbocycles. The highest BCUT2D eigenvalue weighted by Crippen LogP contribution is 2.41. The number of nitrogens with one attached hydrogen (secondary N) is 1. The zero-order chi connectivity index (χ0) is 17.8. The van der Waals surface area contributed by atoms with Crippen LogP contribution in [0.4, 0.5) is 5.69 Å². The number of methoxy groups -OCH3 is 1. The van der Waals surface area contributed by atoms with Gasteiger partial charge in [0.15, 0.2) is 0 Å². The lowest BCUT2D eigenvalue weighted by Crippen LogP contribution is -2.14. The standard InChI is InChI=1S/C18H14ClNO3S2/c1-23-17(22)11-6-8-12(9-7-11)20-15(21)10-24-18-16(19)13-4-2-3-5-14(13)25-18/h2-9H,10H2,1H3,(H,20,21). The molecule has 1 N–H and O–H groups in total. The van der Waals surface area contributed by atoms with Gasteiger partial charge < -0.3 is 10.1 Å². The number of fused-ring (bicyclic) bond motifs is 1. The van der Waals surface area contributed by atoms with Gasteiger partial charge in [-0.2, -0.15) is 0 Å². The Morgan fingerprint density at radius 3 is 2.56 bits per heavy atom. The molecule has 1 amide bonds. The van der Waals surface area contributed by atoms with Gasteiger partial charge in [0.2, 0.25) is 5.91 Å². The highest BCUT2D eigenvalue weighted by molar-refractivity contribution is 8.02. The number of amides is 1. The minimum atomic E-state index is -0.409. The van der Waals surface area contributed by atoms with Crippen molar-refractivity contribution < 1.29 is 14.3 Å². The molecule has 128 valence electrons. The van der Waals surface area contributed by atoms with E-state index in [-0.39, 0.29) is 11.7 Å². The Balaban J connectivity index is 1.60. The maximum Gasteiger partial charge on any atom is 0.337 e. The number of hydrogen-bond donors (Lipinski definition) is 1. The van der Waals surface area contributed by atoms with E-state index in [1.54, 1.807) is 35.6 Å². The number of rotatable bonds is 5. The first-order valence-electron chi connectivity index (χ1n) is 7.36. The summed E-state index contributed by atoms with van der Waals surface area (Å²) >= 11 is 9.37. The summed E-state index contributed by atoms with van der Waals surface area (Å²) in [4.78, 5) is 23.5. The van der Waals surface area contributed by atoms with Crippen molar-refractivity contribution in [2.24, 2.45) is 0 Å². The number of benzene rings is 2. The number of anilines is 1. The average Bonchev–Trinajstić information content (AvgIpc) is 2.96. The van der Waals surface area contributed by atoms with E-state index in [1.165, 1.54) is 18.9 Å². The molecule has 0 fully saturated rings. The van der Waals surface area contributed by atoms with Crippen LogP contribution in [-0.4, -0.2) is 24.7 Å². The largest absolute Gasteiger partial charge is 0.465 e. The topological polar surface area (TPSA) is 55.4 Å². The van der Waals surface area contributed by atoms with Crippen LogP contribution in [0.15, 0.2) is 52.7 Å². The van der Waals surface area contributed by atoms with Gasteiger partial charge in [-0.1, -0.05) is 29.8 Å². The van der Waals surface area contributed by atoms with Gasteiger partial charge in [0, 0.05) is 15.8 Å². The molecule has 0 aliphatic carbocycles. The molecule has 0 saturated heterocycles. The molecule has 0 spiro atoms. The zero-order valence-electron chi connectivity index (χ0n) is 13.2. The summed E-state index contributed by atoms with van der Waals surface area (Å²) in [5.41, 5.74) is 1.06. The molecular weight excluding hydrogens is 378 g/mol. The molecule has 0 bridgehead atoms. The second-order valence-electron chi connectivity index (χ2n) is 5.11. The molecule has 2 aromatic carbocycles. The van der Waals surface area contributed by atoms with Crippen molar-refractivity contribution in [1.82, 2.24) is 0 Å². The van der Waals surface area contributed by atoms with Crippen LogP contribution in [0, 0.1) is 0 Å². The molecule has 3 rings (SSSR count). The maximum atomic E-state index is 12.1. The second-order valence-corrected chi connectivity index (χ2v) is 7.78. The predicted octanol–water partition coefficient (Wildman–Crippen LogP) is 5.07. The van der Waals surface area contributed by atoms with Crippen molar-refractivity contribution >= 4 is 62.3 Å². The van der Waals surface area contributed by atoms with Crippen LogP contribution in [-0.2, 0) is 9.53 Å². The third-order valence-electron chi connectivity index (χ3n) is 3.43. The van der Waals surface area contributed by atoms with Gasteiger partial charge in [-0.05, 0) is 30.3 Å². The fraction of sp³-hybridized carbons (Fsp3) is 0.111. The van der Waals surface area contributed by atoms with E-state index in [9.17, 15) is 9.59 Å². The molecular formula is C18H14ClNO3S2. The number of carbonyl (C=O) groups is 2. The van der Waals surface area contributed by atoms with Crippen LogP contribution >= 0.6 is 34.7 Å². The van der Waals surface area contributed by atoms with E-state index >= 15 is 0 Å². The Morgan fingerprint density at radius 2 is 1.88 bits per heavy atom. The van der Waals surface area contributed by atoms with Gasteiger partial charge in [0.1, 0.15) is 0 Å². The Hall–Kier alpha value is -2.02. The maximum absolute atomic E-state index is 12.1. The first-order chi connectivity index (χ1) is 12.1. The monoisotopic (exact) mass is 391 g/mol. The molecule has 3 aromatic rings. The molecule has 0 atom stereocenters. The lowest BCUT2D eigenvalue weighted by Gasteiger charge is -2.05. The van der Waals surface area contributed by atoms with Crippen LogP contribution < -0.4 is 5.32 Å². The van der Waals surface area contributed by atoms with Crippen molar-refractivity contribution in [2.45, 2.75) is 4.21 Å². The number of hydrogen-bond acceptors (Lipinski definition) is 5. The second kappa shape index (κ2) is 7.91. The number of carbonyl (C=O) groups excluding carboxylic acids is 2. The summed E-state index contributed by atoms with van der Waals surface area (Å²) in [7, 11) is 1.33. The van der Waals surface area contributed by atoms with Gasteiger partial charge in [-0.15, -0.1) is 23.1 Å². The zero-order valence-corrected chi connectivity index (χ0v) is 15.6. The summed E-state index contributed by atoms with van der Waals surface area (Å²) in [6.07, 6.45) is 0. The molecule has 0 aliphatic heterocycles. The molecule has 0 radical (unpaired) electrons. The smallest absolute Gasteiger partial charge is 0.337 e. The number of esters is 1. The van der Waals surface area contributed by atoms with E-state index in [0.717, 1.165) is 14.3 Å². The van der Waals surface area contributed by atoms with Crippen LogP contribution in [0.5, 0.6) is 0 Å². The molecule has 1 aromatic heterocycles. The molecule has 7 heteroatoms. The van der Waals surface area contributed by atoms with Gasteiger partial charge in [-0.3, -0.25) is 4.79 Å². The summed E-state index contributed by atoms with van der Waals surface area (Å²) in [5, 5.41) is 4.50. The normalized spacial score (nSPS) is 10.6. The van der Waals surface area contributed by atoms with Crippen LogP contribution in [0.2, 0.25) is 5.02 Å². The van der Waals surface area contributed by atoms with E-state index in [0.29, 0.717) is 16.3 Å². The summed E-state index contributed by atoms with van der Waals surface area (Å²) < 4.78 is 6.68. The number of thioether (sulfide) groups is 1. The van der Waals surface area contributed by atoms with Crippen molar-refractivity contribution in [2.75, 3.05) is 18.2 Å². The molecule has 25 heavy (non-hydrogen) atoms. The third kappa shape index (κ3) is 4.15. The Kier molecular flexibility index (Phi) is 5.63. The minimum absolute atomic E-state index is 0.135. The van der Waals surface area contributed by atoms with Gasteiger partial charge in [-0.25, -0.2) is 4.79 Å². The van der Waals surface area contributed by atoms with Crippen LogP contribution in [0.1, 0.15) is 10.4 Å². The van der Waals surface area contributed by atoms with Crippen LogP contribution in [0.3, 0.4) is 0 Å². The van der Waals surface area contributed by atoms with E-state index < -0.39 is 5.97 Å². The fourth-order valence-corrected chi connectivity index (χ4v) is 4.80. The van der Waals surface area contributed by atoms with Gasteiger partial charge in [0.25, 0.3) is 0 Å². The Labute approximate surface area is 158 Å². The highest BCUT2D eigenvalue weighted by Gasteiger charge is 2.12. The number of halogens is 1. The number of ether oxygens (including phenoxy) is 1. The van der Waals surface area contributed by atoms with E-state index in [4.69, 9.17) is 11.6 Å². The Morgan fingerprint density at radius 1 is 1.16 bits per heavy atom. The number of thiophene rings is 1. The predicted molar refractivity (Wildman–Crippen MR) is 104 cm³/mol. The summed E-state index contributed by atoms with van der Waals surface area (Å²) in [6, 6.07) is 14.5. The first kappa shape index (κ1) is 17.8. The van der Waals surface area contributed by atoms with E-state index in [2.05, 4.69) is 10.1 Å². The third-order valence-corrected chi connectivity index (χ3v) is 6.49. The quantitative estimate of drug-likeness (QED) is 0.487. The van der Waals surface area contributed by atoms with Crippen molar-refractivity contribution in [3.05, 3.63) is 59.1 Å². The van der Waals surface area contributed by atoms with Gasteiger partial charge >= 0.3 is 5.97 Å². The molecule has 1 heterocycles. The lowest BCUT2D eigenvalue weighted by molar-refractivity contribution is -0.113. The first-order valence-corrected chi connectivity index (χ1v) is 9.54. The highest BCUT2D eigenvalue weighted by atomic mass is 35.5. The van der Waals surface area contributed by atoms with E-state index in [1.807, 2.05) is 24.3 Å².